The summed E-state index contributed by atoms with van der Waals surface area (Å²) >= 11 is 0. The van der Waals surface area contributed by atoms with Gasteiger partial charge in [-0.2, -0.15) is 0 Å². The Morgan fingerprint density at radius 1 is 1.44 bits per heavy atom. The highest BCUT2D eigenvalue weighted by atomic mass is 16.2. The van der Waals surface area contributed by atoms with E-state index in [0.29, 0.717) is 0 Å². The summed E-state index contributed by atoms with van der Waals surface area (Å²) in [4.78, 5) is 14.6. The monoisotopic (exact) mass is 246 g/mol. The first-order valence-corrected chi connectivity index (χ1v) is 6.78. The van der Waals surface area contributed by atoms with Gasteiger partial charge in [0.2, 0.25) is 5.91 Å². The largest absolute Gasteiger partial charge is 0.385 e. The second-order valence-electron chi connectivity index (χ2n) is 5.07. The number of fused-ring (bicyclic) bond motifs is 1. The molecule has 0 aliphatic carbocycles. The average molecular weight is 246 g/mol. The molecule has 1 aromatic rings. The first-order chi connectivity index (χ1) is 8.65. The fraction of sp³-hybridized carbons (Fsp3) is 0.533. The van der Waals surface area contributed by atoms with Crippen LogP contribution < -0.4 is 5.32 Å². The molecular formula is C15H22N2O. The van der Waals surface area contributed by atoms with E-state index in [2.05, 4.69) is 31.3 Å². The zero-order chi connectivity index (χ0) is 13.1. The van der Waals surface area contributed by atoms with E-state index >= 15 is 0 Å². The van der Waals surface area contributed by atoms with Crippen molar-refractivity contribution in [1.29, 1.82) is 0 Å². The Hall–Kier alpha value is -1.51. The molecule has 3 nitrogen and oxygen atoms in total. The number of rotatable bonds is 3. The van der Waals surface area contributed by atoms with Gasteiger partial charge in [-0.1, -0.05) is 18.2 Å². The molecule has 0 spiro atoms. The molecule has 0 radical (unpaired) electrons. The third-order valence-electron chi connectivity index (χ3n) is 3.63. The zero-order valence-corrected chi connectivity index (χ0v) is 11.4. The van der Waals surface area contributed by atoms with Crippen LogP contribution in [0, 0.1) is 0 Å². The van der Waals surface area contributed by atoms with Crippen molar-refractivity contribution >= 4 is 11.6 Å². The van der Waals surface area contributed by atoms with E-state index in [4.69, 9.17) is 0 Å². The van der Waals surface area contributed by atoms with Crippen LogP contribution in [0.3, 0.4) is 0 Å². The van der Waals surface area contributed by atoms with Crippen LogP contribution in [-0.4, -0.2) is 29.9 Å². The number of carbonyl (C=O) groups excluding carboxylic acids is 1. The molecule has 3 heteroatoms. The molecule has 1 aliphatic heterocycles. The Morgan fingerprint density at radius 3 is 2.83 bits per heavy atom. The quantitative estimate of drug-likeness (QED) is 0.889. The van der Waals surface area contributed by atoms with Gasteiger partial charge in [0.25, 0.3) is 0 Å². The molecule has 0 bridgehead atoms. The van der Waals surface area contributed by atoms with Crippen molar-refractivity contribution in [3.05, 3.63) is 29.8 Å². The van der Waals surface area contributed by atoms with Crippen molar-refractivity contribution in [3.63, 3.8) is 0 Å². The van der Waals surface area contributed by atoms with Crippen LogP contribution in [0.25, 0.3) is 0 Å². The van der Waals surface area contributed by atoms with Gasteiger partial charge in [-0.3, -0.25) is 4.79 Å². The molecule has 0 saturated carbocycles. The highest BCUT2D eigenvalue weighted by molar-refractivity contribution is 5.86. The molecule has 1 aliphatic rings. The number of benzene rings is 1. The first-order valence-electron chi connectivity index (χ1n) is 6.78. The molecule has 0 saturated heterocycles. The molecule has 1 atom stereocenters. The van der Waals surface area contributed by atoms with E-state index in [9.17, 15) is 4.79 Å². The number of para-hydroxylation sites is 1. The maximum absolute atomic E-state index is 12.6. The molecule has 1 amide bonds. The average Bonchev–Trinajstić information content (AvgIpc) is 2.38. The molecule has 1 N–H and O–H groups in total. The summed E-state index contributed by atoms with van der Waals surface area (Å²) in [5, 5.41) is 3.36. The van der Waals surface area contributed by atoms with Gasteiger partial charge in [0.05, 0.1) is 5.92 Å². The summed E-state index contributed by atoms with van der Waals surface area (Å²) in [7, 11) is 0. The van der Waals surface area contributed by atoms with Crippen molar-refractivity contribution in [3.8, 4) is 0 Å². The number of nitrogens with one attached hydrogen (secondary N) is 1. The lowest BCUT2D eigenvalue weighted by Gasteiger charge is -2.33. The Morgan fingerprint density at radius 2 is 2.17 bits per heavy atom. The SMILES string of the molecule is CCN(C(=O)C1CCNc2ccccc21)C(C)C. The minimum Gasteiger partial charge on any atom is -0.385 e. The molecule has 1 unspecified atom stereocenters. The predicted octanol–water partition coefficient (Wildman–Crippen LogP) is 2.84. The molecule has 0 fully saturated rings. The highest BCUT2D eigenvalue weighted by Gasteiger charge is 2.30. The molecule has 18 heavy (non-hydrogen) atoms. The van der Waals surface area contributed by atoms with E-state index < -0.39 is 0 Å². The summed E-state index contributed by atoms with van der Waals surface area (Å²) in [5.41, 5.74) is 2.26. The highest BCUT2D eigenvalue weighted by Crippen LogP contribution is 2.32. The first kappa shape index (κ1) is 12.9. The lowest BCUT2D eigenvalue weighted by Crippen LogP contribution is -2.41. The van der Waals surface area contributed by atoms with Gasteiger partial charge >= 0.3 is 0 Å². The lowest BCUT2D eigenvalue weighted by atomic mass is 9.89. The van der Waals surface area contributed by atoms with E-state index in [1.165, 1.54) is 0 Å². The molecular weight excluding hydrogens is 224 g/mol. The van der Waals surface area contributed by atoms with Crippen molar-refractivity contribution in [1.82, 2.24) is 4.90 Å². The Labute approximate surface area is 109 Å². The zero-order valence-electron chi connectivity index (χ0n) is 11.4. The fourth-order valence-corrected chi connectivity index (χ4v) is 2.70. The Balaban J connectivity index is 2.27. The lowest BCUT2D eigenvalue weighted by molar-refractivity contribution is -0.134. The van der Waals surface area contributed by atoms with Crippen LogP contribution in [0.2, 0.25) is 0 Å². The second kappa shape index (κ2) is 5.42. The smallest absolute Gasteiger partial charge is 0.230 e. The van der Waals surface area contributed by atoms with Crippen LogP contribution in [-0.2, 0) is 4.79 Å². The summed E-state index contributed by atoms with van der Waals surface area (Å²) in [5.74, 6) is 0.284. The summed E-state index contributed by atoms with van der Waals surface area (Å²) in [6.07, 6.45) is 0.888. The van der Waals surface area contributed by atoms with Gasteiger partial charge in [0, 0.05) is 24.8 Å². The molecule has 0 aromatic heterocycles. The van der Waals surface area contributed by atoms with Crippen LogP contribution in [0.1, 0.15) is 38.7 Å². The normalized spacial score (nSPS) is 18.1. The minimum atomic E-state index is 0.0183. The maximum Gasteiger partial charge on any atom is 0.230 e. The number of hydrogen-bond acceptors (Lipinski definition) is 2. The fourth-order valence-electron chi connectivity index (χ4n) is 2.70. The van der Waals surface area contributed by atoms with Crippen LogP contribution in [0.4, 0.5) is 5.69 Å². The van der Waals surface area contributed by atoms with Gasteiger partial charge in [0.1, 0.15) is 0 Å². The van der Waals surface area contributed by atoms with E-state index in [-0.39, 0.29) is 17.9 Å². The van der Waals surface area contributed by atoms with Crippen LogP contribution in [0.15, 0.2) is 24.3 Å². The Kier molecular flexibility index (Phi) is 3.90. The second-order valence-corrected chi connectivity index (χ2v) is 5.07. The van der Waals surface area contributed by atoms with E-state index in [0.717, 1.165) is 30.8 Å². The van der Waals surface area contributed by atoms with Gasteiger partial charge < -0.3 is 10.2 Å². The van der Waals surface area contributed by atoms with Crippen LogP contribution in [0.5, 0.6) is 0 Å². The van der Waals surface area contributed by atoms with E-state index in [1.54, 1.807) is 0 Å². The predicted molar refractivity (Wildman–Crippen MR) is 74.8 cm³/mol. The molecule has 1 aromatic carbocycles. The summed E-state index contributed by atoms with van der Waals surface area (Å²) in [6, 6.07) is 8.42. The Bertz CT molecular complexity index is 428. The van der Waals surface area contributed by atoms with Gasteiger partial charge in [-0.05, 0) is 38.8 Å². The number of likely N-dealkylation sites (N-methyl/N-ethyl adjacent to an activating group) is 1. The number of anilines is 1. The molecule has 98 valence electrons. The third-order valence-corrected chi connectivity index (χ3v) is 3.63. The van der Waals surface area contributed by atoms with Crippen molar-refractivity contribution in [2.24, 2.45) is 0 Å². The number of hydrogen-bond donors (Lipinski definition) is 1. The van der Waals surface area contributed by atoms with Gasteiger partial charge in [0.15, 0.2) is 0 Å². The molecule has 1 heterocycles. The maximum atomic E-state index is 12.6. The van der Waals surface area contributed by atoms with E-state index in [1.807, 2.05) is 24.0 Å². The van der Waals surface area contributed by atoms with Gasteiger partial charge in [-0.15, -0.1) is 0 Å². The summed E-state index contributed by atoms with van der Waals surface area (Å²) < 4.78 is 0. The summed E-state index contributed by atoms with van der Waals surface area (Å²) in [6.45, 7) is 7.86. The van der Waals surface area contributed by atoms with Crippen molar-refractivity contribution in [2.45, 2.75) is 39.2 Å². The standard InChI is InChI=1S/C15H22N2O/c1-4-17(11(2)3)15(18)13-9-10-16-14-8-6-5-7-12(13)14/h5-8,11,13,16H,4,9-10H2,1-3H3. The number of amides is 1. The van der Waals surface area contributed by atoms with Gasteiger partial charge in [-0.25, -0.2) is 0 Å². The number of nitrogens with zero attached hydrogens (tertiary/aromatic N) is 1. The van der Waals surface area contributed by atoms with Crippen LogP contribution >= 0.6 is 0 Å². The topological polar surface area (TPSA) is 32.3 Å². The van der Waals surface area contributed by atoms with Crippen molar-refractivity contribution in [2.75, 3.05) is 18.4 Å². The number of carbonyl (C=O) groups is 1. The third kappa shape index (κ3) is 2.35. The minimum absolute atomic E-state index is 0.0183. The molecule has 2 rings (SSSR count). The van der Waals surface area contributed by atoms with Crippen molar-refractivity contribution < 1.29 is 4.79 Å².